The summed E-state index contributed by atoms with van der Waals surface area (Å²) in [5.41, 5.74) is 6.39. The molecule has 0 radical (unpaired) electrons. The minimum Gasteiger partial charge on any atom is -0.497 e. The molecular formula is C26H22N2O3. The van der Waals surface area contributed by atoms with Crippen LogP contribution >= 0.6 is 0 Å². The Hall–Kier alpha value is -3.73. The first-order valence-electron chi connectivity index (χ1n) is 10.3. The number of methoxy groups -OCH3 is 1. The highest BCUT2D eigenvalue weighted by Gasteiger charge is 2.27. The second kappa shape index (κ2) is 7.84. The average molecular weight is 410 g/mol. The molecule has 0 spiro atoms. The summed E-state index contributed by atoms with van der Waals surface area (Å²) in [4.78, 5) is 22.1. The molecule has 0 saturated carbocycles. The van der Waals surface area contributed by atoms with Crippen LogP contribution in [0.3, 0.4) is 0 Å². The molecule has 5 rings (SSSR count). The fraction of sp³-hybridized carbons (Fsp3) is 0.192. The molecule has 0 aliphatic heterocycles. The van der Waals surface area contributed by atoms with E-state index in [-0.39, 0.29) is 5.78 Å². The van der Waals surface area contributed by atoms with Crippen LogP contribution < -0.4 is 4.74 Å². The largest absolute Gasteiger partial charge is 0.497 e. The highest BCUT2D eigenvalue weighted by atomic mass is 16.5. The number of oxazole rings is 1. The smallest absolute Gasteiger partial charge is 0.215 e. The molecule has 1 aliphatic rings. The Balaban J connectivity index is 1.43. The van der Waals surface area contributed by atoms with Crippen molar-refractivity contribution in [1.29, 1.82) is 0 Å². The second-order valence-corrected chi connectivity index (χ2v) is 7.79. The van der Waals surface area contributed by atoms with E-state index in [0.717, 1.165) is 40.1 Å². The van der Waals surface area contributed by atoms with Crippen LogP contribution in [-0.2, 0) is 19.3 Å². The molecule has 5 heteroatoms. The van der Waals surface area contributed by atoms with Crippen molar-refractivity contribution in [1.82, 2.24) is 9.97 Å². The highest BCUT2D eigenvalue weighted by molar-refractivity contribution is 6.10. The van der Waals surface area contributed by atoms with Gasteiger partial charge >= 0.3 is 0 Å². The molecule has 0 fully saturated rings. The molecule has 4 aromatic rings. The maximum Gasteiger partial charge on any atom is 0.215 e. The Morgan fingerprint density at radius 1 is 1.00 bits per heavy atom. The summed E-state index contributed by atoms with van der Waals surface area (Å²) < 4.78 is 11.2. The summed E-state index contributed by atoms with van der Waals surface area (Å²) in [5.74, 6) is 1.98. The Kier molecular flexibility index (Phi) is 4.86. The molecule has 0 unspecified atom stereocenters. The lowest BCUT2D eigenvalue weighted by molar-refractivity contribution is 0.103. The summed E-state index contributed by atoms with van der Waals surface area (Å²) in [7, 11) is 1.64. The zero-order valence-corrected chi connectivity index (χ0v) is 17.5. The van der Waals surface area contributed by atoms with Crippen LogP contribution in [0.4, 0.5) is 0 Å². The molecule has 0 saturated heterocycles. The Bertz CT molecular complexity index is 1270. The van der Waals surface area contributed by atoms with Gasteiger partial charge in [0.25, 0.3) is 0 Å². The molecule has 2 heterocycles. The third-order valence-electron chi connectivity index (χ3n) is 5.67. The fourth-order valence-electron chi connectivity index (χ4n) is 4.04. The molecule has 2 aromatic heterocycles. The molecule has 154 valence electrons. The van der Waals surface area contributed by atoms with Crippen LogP contribution in [0.1, 0.15) is 44.5 Å². The van der Waals surface area contributed by atoms with Gasteiger partial charge in [0, 0.05) is 30.3 Å². The fourth-order valence-corrected chi connectivity index (χ4v) is 4.04. The summed E-state index contributed by atoms with van der Waals surface area (Å²) in [6.07, 6.45) is 3.74. The van der Waals surface area contributed by atoms with Gasteiger partial charge < -0.3 is 9.15 Å². The molecule has 31 heavy (non-hydrogen) atoms. The number of aromatic nitrogens is 2. The van der Waals surface area contributed by atoms with E-state index in [2.05, 4.69) is 22.1 Å². The number of fused-ring (bicyclic) bond motifs is 2. The average Bonchev–Trinajstić information content (AvgIpc) is 3.15. The lowest BCUT2D eigenvalue weighted by Crippen LogP contribution is -2.05. The first-order chi connectivity index (χ1) is 15.1. The van der Waals surface area contributed by atoms with Gasteiger partial charge in [0.1, 0.15) is 11.5 Å². The first-order valence-corrected chi connectivity index (χ1v) is 10.3. The lowest BCUT2D eigenvalue weighted by atomic mass is 9.96. The maximum absolute atomic E-state index is 13.2. The Morgan fingerprint density at radius 2 is 1.81 bits per heavy atom. The number of hydrogen-bond acceptors (Lipinski definition) is 5. The van der Waals surface area contributed by atoms with E-state index in [1.165, 1.54) is 0 Å². The van der Waals surface area contributed by atoms with Crippen molar-refractivity contribution in [3.63, 3.8) is 0 Å². The van der Waals surface area contributed by atoms with E-state index in [1.807, 2.05) is 55.6 Å². The standard InChI is InChI=1S/C26H22N2O3/c1-16-13-19(11-12-27-16)18-5-9-22-20(15-18)6-10-23-25(26(22)29)28-24(31-23)14-17-3-7-21(30-2)8-4-17/h3-5,7-9,11-13,15H,6,10,14H2,1-2H3. The van der Waals surface area contributed by atoms with E-state index >= 15 is 0 Å². The van der Waals surface area contributed by atoms with Crippen LogP contribution in [0.25, 0.3) is 11.1 Å². The van der Waals surface area contributed by atoms with E-state index < -0.39 is 0 Å². The predicted octanol–water partition coefficient (Wildman–Crippen LogP) is 4.97. The number of benzene rings is 2. The zero-order chi connectivity index (χ0) is 21.4. The van der Waals surface area contributed by atoms with Crippen molar-refractivity contribution in [3.05, 3.63) is 101 Å². The van der Waals surface area contributed by atoms with Crippen LogP contribution in [0.5, 0.6) is 5.75 Å². The molecule has 5 nitrogen and oxygen atoms in total. The van der Waals surface area contributed by atoms with E-state index in [1.54, 1.807) is 7.11 Å². The number of rotatable bonds is 4. The van der Waals surface area contributed by atoms with Crippen LogP contribution in [0.2, 0.25) is 0 Å². The number of ether oxygens (including phenoxy) is 1. The van der Waals surface area contributed by atoms with Gasteiger partial charge in [-0.2, -0.15) is 0 Å². The molecule has 1 aliphatic carbocycles. The van der Waals surface area contributed by atoms with Gasteiger partial charge in [0.2, 0.25) is 5.78 Å². The van der Waals surface area contributed by atoms with Gasteiger partial charge in [-0.1, -0.05) is 30.3 Å². The maximum atomic E-state index is 13.2. The SMILES string of the molecule is COc1ccc(Cc2nc3c(o2)CCc2cc(-c4ccnc(C)c4)ccc2C3=O)cc1. The van der Waals surface area contributed by atoms with Crippen molar-refractivity contribution in [2.75, 3.05) is 7.11 Å². The van der Waals surface area contributed by atoms with Crippen LogP contribution in [0.15, 0.2) is 65.2 Å². The van der Waals surface area contributed by atoms with Gasteiger partial charge in [-0.3, -0.25) is 9.78 Å². The number of hydrogen-bond donors (Lipinski definition) is 0. The van der Waals surface area contributed by atoms with Gasteiger partial charge in [-0.25, -0.2) is 4.98 Å². The molecule has 0 atom stereocenters. The van der Waals surface area contributed by atoms with Crippen molar-refractivity contribution in [2.24, 2.45) is 0 Å². The zero-order valence-electron chi connectivity index (χ0n) is 17.5. The van der Waals surface area contributed by atoms with E-state index in [0.29, 0.717) is 35.7 Å². The van der Waals surface area contributed by atoms with Crippen molar-refractivity contribution in [3.8, 4) is 16.9 Å². The molecular weight excluding hydrogens is 388 g/mol. The number of nitrogens with zero attached hydrogens (tertiary/aromatic N) is 2. The number of carbonyl (C=O) groups excluding carboxylic acids is 1. The van der Waals surface area contributed by atoms with Crippen molar-refractivity contribution < 1.29 is 13.9 Å². The second-order valence-electron chi connectivity index (χ2n) is 7.79. The number of carbonyl (C=O) groups is 1. The minimum atomic E-state index is -0.0651. The lowest BCUT2D eigenvalue weighted by Gasteiger charge is -2.09. The Labute approximate surface area is 180 Å². The van der Waals surface area contributed by atoms with Gasteiger partial charge in [-0.05, 0) is 59.9 Å². The first kappa shape index (κ1) is 19.2. The topological polar surface area (TPSA) is 65.2 Å². The Morgan fingerprint density at radius 3 is 2.58 bits per heavy atom. The van der Waals surface area contributed by atoms with Gasteiger partial charge in [0.15, 0.2) is 11.6 Å². The highest BCUT2D eigenvalue weighted by Crippen LogP contribution is 2.29. The van der Waals surface area contributed by atoms with Crippen LogP contribution in [-0.4, -0.2) is 22.9 Å². The minimum absolute atomic E-state index is 0.0651. The summed E-state index contributed by atoms with van der Waals surface area (Å²) >= 11 is 0. The monoisotopic (exact) mass is 410 g/mol. The molecule has 0 N–H and O–H groups in total. The van der Waals surface area contributed by atoms with Crippen LogP contribution in [0, 0.1) is 6.92 Å². The van der Waals surface area contributed by atoms with E-state index in [9.17, 15) is 4.79 Å². The summed E-state index contributed by atoms with van der Waals surface area (Å²) in [6.45, 7) is 1.98. The number of pyridine rings is 1. The number of ketones is 1. The van der Waals surface area contributed by atoms with Gasteiger partial charge in [-0.15, -0.1) is 0 Å². The third-order valence-corrected chi connectivity index (χ3v) is 5.67. The predicted molar refractivity (Wildman–Crippen MR) is 118 cm³/mol. The van der Waals surface area contributed by atoms with Crippen molar-refractivity contribution in [2.45, 2.75) is 26.2 Å². The molecule has 2 aromatic carbocycles. The van der Waals surface area contributed by atoms with E-state index in [4.69, 9.17) is 9.15 Å². The summed E-state index contributed by atoms with van der Waals surface area (Å²) in [5, 5.41) is 0. The normalized spacial score (nSPS) is 12.8. The van der Waals surface area contributed by atoms with Crippen molar-refractivity contribution >= 4 is 5.78 Å². The third kappa shape index (κ3) is 3.75. The quantitative estimate of drug-likeness (QED) is 0.475. The summed E-state index contributed by atoms with van der Waals surface area (Å²) in [6, 6.07) is 17.8. The molecule has 0 bridgehead atoms. The molecule has 0 amide bonds. The number of aryl methyl sites for hydroxylation is 3. The van der Waals surface area contributed by atoms with Gasteiger partial charge in [0.05, 0.1) is 7.11 Å².